The van der Waals surface area contributed by atoms with Gasteiger partial charge in [-0.3, -0.25) is 9.59 Å². The summed E-state index contributed by atoms with van der Waals surface area (Å²) in [5.74, 6) is 2.62. The van der Waals surface area contributed by atoms with Gasteiger partial charge in [-0.15, -0.1) is 0 Å². The molecule has 0 aliphatic carbocycles. The molecule has 1 atom stereocenters. The number of fused-ring (bicyclic) bond motifs is 1. The molecule has 0 spiro atoms. The number of nitrogens with zero attached hydrogens (tertiary/aromatic N) is 2. The lowest BCUT2D eigenvalue weighted by Gasteiger charge is -2.29. The van der Waals surface area contributed by atoms with E-state index in [9.17, 15) is 9.59 Å². The molecule has 0 saturated carbocycles. The molecule has 8 heteroatoms. The Labute approximate surface area is 158 Å². The summed E-state index contributed by atoms with van der Waals surface area (Å²) in [6.07, 6.45) is 5.17. The van der Waals surface area contributed by atoms with E-state index in [4.69, 9.17) is 9.15 Å². The van der Waals surface area contributed by atoms with Crippen LogP contribution in [0.15, 0.2) is 4.42 Å². The Morgan fingerprint density at radius 2 is 2.15 bits per heavy atom. The molecular weight excluding hydrogens is 354 g/mol. The first-order chi connectivity index (χ1) is 12.6. The van der Waals surface area contributed by atoms with Crippen LogP contribution >= 0.6 is 11.8 Å². The standard InChI is InChI=1S/C18H27N3O4S/c1-12(22)19-14(6-10-26-2)18(23)21-7-3-16-15(11-21)20-17(25-16)13-4-8-24-9-5-13/h13-14H,3-11H2,1-2H3,(H,19,22)/t14-/m0/s1. The highest BCUT2D eigenvalue weighted by Crippen LogP contribution is 2.30. The lowest BCUT2D eigenvalue weighted by molar-refractivity contribution is -0.137. The number of thioether (sulfide) groups is 1. The van der Waals surface area contributed by atoms with Gasteiger partial charge in [-0.05, 0) is 31.3 Å². The van der Waals surface area contributed by atoms with Crippen LogP contribution in [-0.4, -0.2) is 59.5 Å². The summed E-state index contributed by atoms with van der Waals surface area (Å²) in [7, 11) is 0. The maximum Gasteiger partial charge on any atom is 0.245 e. The summed E-state index contributed by atoms with van der Waals surface area (Å²) in [5.41, 5.74) is 0.859. The zero-order valence-corrected chi connectivity index (χ0v) is 16.3. The minimum Gasteiger partial charge on any atom is -0.445 e. The highest BCUT2D eigenvalue weighted by molar-refractivity contribution is 7.98. The van der Waals surface area contributed by atoms with Gasteiger partial charge in [0.05, 0.1) is 6.54 Å². The van der Waals surface area contributed by atoms with Crippen LogP contribution in [0.2, 0.25) is 0 Å². The van der Waals surface area contributed by atoms with Crippen molar-refractivity contribution in [3.8, 4) is 0 Å². The predicted molar refractivity (Wildman–Crippen MR) is 99.0 cm³/mol. The van der Waals surface area contributed by atoms with E-state index in [1.165, 1.54) is 6.92 Å². The van der Waals surface area contributed by atoms with Crippen molar-refractivity contribution in [1.82, 2.24) is 15.2 Å². The van der Waals surface area contributed by atoms with Crippen LogP contribution < -0.4 is 5.32 Å². The van der Waals surface area contributed by atoms with Crippen LogP contribution in [0.25, 0.3) is 0 Å². The van der Waals surface area contributed by atoms with E-state index < -0.39 is 6.04 Å². The van der Waals surface area contributed by atoms with E-state index in [1.54, 1.807) is 16.7 Å². The summed E-state index contributed by atoms with van der Waals surface area (Å²) in [5, 5.41) is 2.79. The molecule has 1 N–H and O–H groups in total. The number of hydrogen-bond donors (Lipinski definition) is 1. The largest absolute Gasteiger partial charge is 0.445 e. The summed E-state index contributed by atoms with van der Waals surface area (Å²) >= 11 is 1.67. The van der Waals surface area contributed by atoms with E-state index in [-0.39, 0.29) is 11.8 Å². The van der Waals surface area contributed by atoms with Gasteiger partial charge in [0.25, 0.3) is 0 Å². The number of oxazole rings is 1. The van der Waals surface area contributed by atoms with Gasteiger partial charge in [0.15, 0.2) is 5.89 Å². The summed E-state index contributed by atoms with van der Waals surface area (Å²) < 4.78 is 11.4. The van der Waals surface area contributed by atoms with Crippen molar-refractivity contribution in [2.24, 2.45) is 0 Å². The van der Waals surface area contributed by atoms with E-state index in [1.807, 2.05) is 6.26 Å². The Balaban J connectivity index is 1.67. The molecule has 2 amide bonds. The second kappa shape index (κ2) is 8.90. The Morgan fingerprint density at radius 1 is 1.38 bits per heavy atom. The van der Waals surface area contributed by atoms with Gasteiger partial charge in [0.2, 0.25) is 11.8 Å². The molecule has 1 fully saturated rings. The maximum atomic E-state index is 12.9. The molecule has 144 valence electrons. The number of amides is 2. The third-order valence-electron chi connectivity index (χ3n) is 4.91. The molecule has 1 saturated heterocycles. The van der Waals surface area contributed by atoms with Crippen LogP contribution in [-0.2, 0) is 27.3 Å². The molecule has 2 aliphatic heterocycles. The van der Waals surface area contributed by atoms with Crippen LogP contribution in [0.5, 0.6) is 0 Å². The van der Waals surface area contributed by atoms with Crippen molar-refractivity contribution in [3.05, 3.63) is 17.3 Å². The van der Waals surface area contributed by atoms with Crippen LogP contribution in [0.4, 0.5) is 0 Å². The number of aromatic nitrogens is 1. The molecule has 26 heavy (non-hydrogen) atoms. The Kier molecular flexibility index (Phi) is 6.58. The number of carbonyl (C=O) groups is 2. The molecule has 0 radical (unpaired) electrons. The van der Waals surface area contributed by atoms with Crippen molar-refractivity contribution < 1.29 is 18.7 Å². The first-order valence-electron chi connectivity index (χ1n) is 9.19. The Bertz CT molecular complexity index is 642. The molecule has 0 unspecified atom stereocenters. The van der Waals surface area contributed by atoms with E-state index in [0.717, 1.165) is 49.2 Å². The number of carbonyl (C=O) groups excluding carboxylic acids is 2. The van der Waals surface area contributed by atoms with Crippen molar-refractivity contribution in [2.75, 3.05) is 31.8 Å². The lowest BCUT2D eigenvalue weighted by Crippen LogP contribution is -2.49. The molecule has 7 nitrogen and oxygen atoms in total. The topological polar surface area (TPSA) is 84.7 Å². The van der Waals surface area contributed by atoms with Crippen molar-refractivity contribution in [1.29, 1.82) is 0 Å². The summed E-state index contributed by atoms with van der Waals surface area (Å²) in [6, 6.07) is -0.469. The summed E-state index contributed by atoms with van der Waals surface area (Å²) in [4.78, 5) is 30.8. The fourth-order valence-corrected chi connectivity index (χ4v) is 3.96. The van der Waals surface area contributed by atoms with Gasteiger partial charge in [-0.1, -0.05) is 0 Å². The normalized spacial score (nSPS) is 19.1. The molecule has 0 bridgehead atoms. The van der Waals surface area contributed by atoms with E-state index in [0.29, 0.717) is 31.8 Å². The molecule has 3 rings (SSSR count). The number of ether oxygens (including phenoxy) is 1. The van der Waals surface area contributed by atoms with Crippen molar-refractivity contribution >= 4 is 23.6 Å². The van der Waals surface area contributed by atoms with Crippen molar-refractivity contribution in [2.45, 2.75) is 51.1 Å². The Hall–Kier alpha value is -1.54. The van der Waals surface area contributed by atoms with Gasteiger partial charge in [-0.25, -0.2) is 4.98 Å². The zero-order valence-electron chi connectivity index (χ0n) is 15.5. The minimum atomic E-state index is -0.469. The fourth-order valence-electron chi connectivity index (χ4n) is 3.48. The first kappa shape index (κ1) is 19.2. The van der Waals surface area contributed by atoms with Crippen LogP contribution in [0.1, 0.15) is 49.4 Å². The first-order valence-corrected chi connectivity index (χ1v) is 10.6. The maximum absolute atomic E-state index is 12.9. The second-order valence-corrected chi connectivity index (χ2v) is 7.84. The number of nitrogens with one attached hydrogen (secondary N) is 1. The SMILES string of the molecule is CSCC[C@H](NC(C)=O)C(=O)N1CCc2oc(C3CCOCC3)nc2C1. The average molecular weight is 381 g/mol. The van der Waals surface area contributed by atoms with Crippen LogP contribution in [0, 0.1) is 0 Å². The number of hydrogen-bond acceptors (Lipinski definition) is 6. The third kappa shape index (κ3) is 4.59. The third-order valence-corrected chi connectivity index (χ3v) is 5.56. The molecule has 1 aromatic rings. The minimum absolute atomic E-state index is 0.0319. The highest BCUT2D eigenvalue weighted by atomic mass is 32.2. The van der Waals surface area contributed by atoms with Gasteiger partial charge >= 0.3 is 0 Å². The quantitative estimate of drug-likeness (QED) is 0.808. The predicted octanol–water partition coefficient (Wildman–Crippen LogP) is 1.71. The van der Waals surface area contributed by atoms with Crippen LogP contribution in [0.3, 0.4) is 0 Å². The average Bonchev–Trinajstić information content (AvgIpc) is 3.08. The molecule has 0 aromatic carbocycles. The van der Waals surface area contributed by atoms with E-state index in [2.05, 4.69) is 10.3 Å². The monoisotopic (exact) mass is 381 g/mol. The van der Waals surface area contributed by atoms with Gasteiger partial charge < -0.3 is 19.4 Å². The molecular formula is C18H27N3O4S. The fraction of sp³-hybridized carbons (Fsp3) is 0.722. The smallest absolute Gasteiger partial charge is 0.245 e. The van der Waals surface area contributed by atoms with Crippen molar-refractivity contribution in [3.63, 3.8) is 0 Å². The summed E-state index contributed by atoms with van der Waals surface area (Å²) in [6.45, 7) is 4.00. The lowest BCUT2D eigenvalue weighted by atomic mass is 10.0. The highest BCUT2D eigenvalue weighted by Gasteiger charge is 2.31. The van der Waals surface area contributed by atoms with Gasteiger partial charge in [-0.2, -0.15) is 11.8 Å². The second-order valence-electron chi connectivity index (χ2n) is 6.85. The van der Waals surface area contributed by atoms with Gasteiger partial charge in [0.1, 0.15) is 17.5 Å². The van der Waals surface area contributed by atoms with E-state index >= 15 is 0 Å². The molecule has 3 heterocycles. The Morgan fingerprint density at radius 3 is 2.85 bits per heavy atom. The molecule has 1 aromatic heterocycles. The van der Waals surface area contributed by atoms with Gasteiger partial charge in [0, 0.05) is 39.0 Å². The number of rotatable bonds is 6. The molecule has 2 aliphatic rings. The zero-order chi connectivity index (χ0) is 18.5.